The van der Waals surface area contributed by atoms with Gasteiger partial charge in [0.25, 0.3) is 0 Å². The molecular weight excluding hydrogens is 234 g/mol. The van der Waals surface area contributed by atoms with Crippen LogP contribution in [0.15, 0.2) is 18.3 Å². The zero-order chi connectivity index (χ0) is 13.9. The standard InChI is InChI=1S/C16H27N3/c1-5-16(3)7-10-19(11-8-16)15-12-14(6-9-18-15)13(2)17-4/h6,9,12-13,17H,5,7-8,10-11H2,1-4H3. The van der Waals surface area contributed by atoms with Gasteiger partial charge in [0.1, 0.15) is 5.82 Å². The van der Waals surface area contributed by atoms with Gasteiger partial charge >= 0.3 is 0 Å². The van der Waals surface area contributed by atoms with Crippen molar-refractivity contribution in [2.75, 3.05) is 25.0 Å². The number of anilines is 1. The summed E-state index contributed by atoms with van der Waals surface area (Å²) in [7, 11) is 2.00. The highest BCUT2D eigenvalue weighted by Gasteiger charge is 2.28. The fraction of sp³-hybridized carbons (Fsp3) is 0.688. The van der Waals surface area contributed by atoms with Crippen LogP contribution in [0.4, 0.5) is 5.82 Å². The Kier molecular flexibility index (Phi) is 4.46. The van der Waals surface area contributed by atoms with Crippen LogP contribution in [0.2, 0.25) is 0 Å². The van der Waals surface area contributed by atoms with E-state index in [1.54, 1.807) is 0 Å². The first-order valence-electron chi connectivity index (χ1n) is 7.46. The van der Waals surface area contributed by atoms with Gasteiger partial charge in [-0.05, 0) is 49.9 Å². The molecular formula is C16H27N3. The van der Waals surface area contributed by atoms with E-state index in [-0.39, 0.29) is 0 Å². The van der Waals surface area contributed by atoms with Crippen LogP contribution in [0.25, 0.3) is 0 Å². The van der Waals surface area contributed by atoms with Gasteiger partial charge in [0.2, 0.25) is 0 Å². The van der Waals surface area contributed by atoms with Gasteiger partial charge in [0, 0.05) is 25.3 Å². The number of piperidine rings is 1. The molecule has 3 nitrogen and oxygen atoms in total. The number of aromatic nitrogens is 1. The average molecular weight is 261 g/mol. The number of pyridine rings is 1. The molecule has 1 aliphatic heterocycles. The molecule has 0 saturated carbocycles. The van der Waals surface area contributed by atoms with Gasteiger partial charge in [-0.3, -0.25) is 0 Å². The molecule has 1 aliphatic rings. The maximum Gasteiger partial charge on any atom is 0.128 e. The van der Waals surface area contributed by atoms with Crippen LogP contribution >= 0.6 is 0 Å². The van der Waals surface area contributed by atoms with Crippen molar-refractivity contribution in [2.24, 2.45) is 5.41 Å². The average Bonchev–Trinajstić information content (AvgIpc) is 2.47. The number of hydrogen-bond donors (Lipinski definition) is 1. The molecule has 2 heterocycles. The van der Waals surface area contributed by atoms with Gasteiger partial charge < -0.3 is 10.2 Å². The molecule has 1 fully saturated rings. The van der Waals surface area contributed by atoms with Crippen molar-refractivity contribution in [1.29, 1.82) is 0 Å². The fourth-order valence-electron chi connectivity index (χ4n) is 2.67. The quantitative estimate of drug-likeness (QED) is 0.900. The Morgan fingerprint density at radius 1 is 1.42 bits per heavy atom. The van der Waals surface area contributed by atoms with Crippen molar-refractivity contribution in [3.63, 3.8) is 0 Å². The van der Waals surface area contributed by atoms with E-state index in [1.807, 2.05) is 13.2 Å². The van der Waals surface area contributed by atoms with Gasteiger partial charge in [-0.2, -0.15) is 0 Å². The number of rotatable bonds is 4. The van der Waals surface area contributed by atoms with E-state index in [0.29, 0.717) is 11.5 Å². The lowest BCUT2D eigenvalue weighted by Crippen LogP contribution is -2.38. The van der Waals surface area contributed by atoms with Crippen molar-refractivity contribution in [3.8, 4) is 0 Å². The molecule has 1 saturated heterocycles. The summed E-state index contributed by atoms with van der Waals surface area (Å²) < 4.78 is 0. The highest BCUT2D eigenvalue weighted by Crippen LogP contribution is 2.35. The maximum absolute atomic E-state index is 4.55. The van der Waals surface area contributed by atoms with Crippen LogP contribution in [0.1, 0.15) is 51.6 Å². The second-order valence-corrected chi connectivity index (χ2v) is 6.11. The molecule has 1 N–H and O–H groups in total. The van der Waals surface area contributed by atoms with E-state index in [9.17, 15) is 0 Å². The van der Waals surface area contributed by atoms with Crippen molar-refractivity contribution in [1.82, 2.24) is 10.3 Å². The zero-order valence-electron chi connectivity index (χ0n) is 12.7. The summed E-state index contributed by atoms with van der Waals surface area (Å²) in [5.74, 6) is 1.14. The Labute approximate surface area is 117 Å². The number of hydrogen-bond acceptors (Lipinski definition) is 3. The van der Waals surface area contributed by atoms with Crippen molar-refractivity contribution < 1.29 is 0 Å². The monoisotopic (exact) mass is 261 g/mol. The highest BCUT2D eigenvalue weighted by molar-refractivity contribution is 5.42. The Bertz CT molecular complexity index is 408. The molecule has 3 heteroatoms. The van der Waals surface area contributed by atoms with Crippen molar-refractivity contribution in [3.05, 3.63) is 23.9 Å². The second kappa shape index (κ2) is 5.91. The molecule has 1 unspecified atom stereocenters. The SMILES string of the molecule is CCC1(C)CCN(c2cc(C(C)NC)ccn2)CC1. The van der Waals surface area contributed by atoms with E-state index in [4.69, 9.17) is 0 Å². The van der Waals surface area contributed by atoms with E-state index in [0.717, 1.165) is 18.9 Å². The molecule has 19 heavy (non-hydrogen) atoms. The minimum absolute atomic E-state index is 0.382. The summed E-state index contributed by atoms with van der Waals surface area (Å²) in [6.45, 7) is 9.17. The normalized spacial score (nSPS) is 20.3. The summed E-state index contributed by atoms with van der Waals surface area (Å²) in [6, 6.07) is 4.72. The molecule has 0 aromatic carbocycles. The Morgan fingerprint density at radius 2 is 2.11 bits per heavy atom. The smallest absolute Gasteiger partial charge is 0.128 e. The van der Waals surface area contributed by atoms with Gasteiger partial charge in [-0.15, -0.1) is 0 Å². The molecule has 0 bridgehead atoms. The molecule has 1 atom stereocenters. The van der Waals surface area contributed by atoms with Crippen LogP contribution in [0, 0.1) is 5.41 Å². The summed E-state index contributed by atoms with van der Waals surface area (Å²) in [5.41, 5.74) is 1.85. The fourth-order valence-corrected chi connectivity index (χ4v) is 2.67. The van der Waals surface area contributed by atoms with Crippen LogP contribution in [-0.2, 0) is 0 Å². The third kappa shape index (κ3) is 3.27. The van der Waals surface area contributed by atoms with Crippen molar-refractivity contribution >= 4 is 5.82 Å². The summed E-state index contributed by atoms with van der Waals surface area (Å²) in [4.78, 5) is 6.99. The third-order valence-corrected chi connectivity index (χ3v) is 4.85. The first-order chi connectivity index (χ1) is 9.08. The van der Waals surface area contributed by atoms with Crippen LogP contribution in [0.5, 0.6) is 0 Å². The second-order valence-electron chi connectivity index (χ2n) is 6.11. The lowest BCUT2D eigenvalue weighted by atomic mass is 9.78. The largest absolute Gasteiger partial charge is 0.357 e. The van der Waals surface area contributed by atoms with Gasteiger partial charge in [-0.1, -0.05) is 20.3 Å². The van der Waals surface area contributed by atoms with Crippen LogP contribution in [0.3, 0.4) is 0 Å². The van der Waals surface area contributed by atoms with Crippen LogP contribution < -0.4 is 10.2 Å². The van der Waals surface area contributed by atoms with Crippen molar-refractivity contribution in [2.45, 2.75) is 46.1 Å². The minimum Gasteiger partial charge on any atom is -0.357 e. The van der Waals surface area contributed by atoms with E-state index in [2.05, 4.69) is 48.1 Å². The Morgan fingerprint density at radius 3 is 2.68 bits per heavy atom. The van der Waals surface area contributed by atoms with Gasteiger partial charge in [0.15, 0.2) is 0 Å². The molecule has 106 valence electrons. The van der Waals surface area contributed by atoms with E-state index in [1.165, 1.54) is 24.8 Å². The first kappa shape index (κ1) is 14.3. The van der Waals surface area contributed by atoms with Gasteiger partial charge in [0.05, 0.1) is 0 Å². The zero-order valence-corrected chi connectivity index (χ0v) is 12.7. The maximum atomic E-state index is 4.55. The Hall–Kier alpha value is -1.09. The third-order valence-electron chi connectivity index (χ3n) is 4.85. The van der Waals surface area contributed by atoms with E-state index >= 15 is 0 Å². The summed E-state index contributed by atoms with van der Waals surface area (Å²) >= 11 is 0. The molecule has 1 aromatic heterocycles. The molecule has 2 rings (SSSR count). The first-order valence-corrected chi connectivity index (χ1v) is 7.46. The molecule has 0 radical (unpaired) electrons. The minimum atomic E-state index is 0.382. The molecule has 0 amide bonds. The Balaban J connectivity index is 2.07. The number of nitrogens with zero attached hydrogens (tertiary/aromatic N) is 2. The van der Waals surface area contributed by atoms with Gasteiger partial charge in [-0.25, -0.2) is 4.98 Å². The molecule has 0 aliphatic carbocycles. The predicted octanol–water partition coefficient (Wildman–Crippen LogP) is 3.38. The summed E-state index contributed by atoms with van der Waals surface area (Å²) in [6.07, 6.45) is 5.77. The number of nitrogens with one attached hydrogen (secondary N) is 1. The highest BCUT2D eigenvalue weighted by atomic mass is 15.2. The lowest BCUT2D eigenvalue weighted by molar-refractivity contribution is 0.238. The summed E-state index contributed by atoms with van der Waals surface area (Å²) in [5, 5.41) is 3.29. The molecule has 1 aromatic rings. The molecule has 0 spiro atoms. The lowest BCUT2D eigenvalue weighted by Gasteiger charge is -2.39. The van der Waals surface area contributed by atoms with E-state index < -0.39 is 0 Å². The topological polar surface area (TPSA) is 28.2 Å². The predicted molar refractivity (Wildman–Crippen MR) is 81.6 cm³/mol. The van der Waals surface area contributed by atoms with Crippen LogP contribution in [-0.4, -0.2) is 25.1 Å².